The Hall–Kier alpha value is -1.43. The molecule has 0 bridgehead atoms. The third kappa shape index (κ3) is 5.44. The van der Waals surface area contributed by atoms with Gasteiger partial charge in [0.15, 0.2) is 0 Å². The Kier molecular flexibility index (Phi) is 5.62. The highest BCUT2D eigenvalue weighted by Crippen LogP contribution is 2.09. The van der Waals surface area contributed by atoms with Crippen molar-refractivity contribution in [2.24, 2.45) is 5.92 Å². The van der Waals surface area contributed by atoms with Gasteiger partial charge in [-0.15, -0.1) is 11.3 Å². The summed E-state index contributed by atoms with van der Waals surface area (Å²) in [6.07, 6.45) is 1.60. The zero-order chi connectivity index (χ0) is 12.7. The second-order valence-corrected chi connectivity index (χ2v) is 4.67. The number of amides is 1. The van der Waals surface area contributed by atoms with Crippen LogP contribution >= 0.6 is 11.3 Å². The molecule has 2 N–H and O–H groups in total. The number of hydrogen-bond acceptors (Lipinski definition) is 4. The predicted molar refractivity (Wildman–Crippen MR) is 65.1 cm³/mol. The summed E-state index contributed by atoms with van der Waals surface area (Å²) in [5, 5.41) is 13.0. The Bertz CT molecular complexity index is 365. The first-order chi connectivity index (χ1) is 8.09. The Morgan fingerprint density at radius 2 is 2.29 bits per heavy atom. The molecule has 1 atom stereocenters. The molecule has 94 valence electrons. The predicted octanol–water partition coefficient (Wildman–Crippen LogP) is 1.76. The summed E-state index contributed by atoms with van der Waals surface area (Å²) < 4.78 is 0. The summed E-state index contributed by atoms with van der Waals surface area (Å²) in [5.41, 5.74) is 2.05. The lowest BCUT2D eigenvalue weighted by molar-refractivity contribution is -0.137. The molecule has 0 aromatic carbocycles. The van der Waals surface area contributed by atoms with E-state index in [1.54, 1.807) is 10.9 Å². The Morgan fingerprint density at radius 3 is 2.88 bits per heavy atom. The normalized spacial score (nSPS) is 12.1. The van der Waals surface area contributed by atoms with Gasteiger partial charge in [-0.05, 0) is 18.8 Å². The van der Waals surface area contributed by atoms with Crippen molar-refractivity contribution in [1.29, 1.82) is 0 Å². The van der Waals surface area contributed by atoms with Crippen molar-refractivity contribution in [2.45, 2.75) is 26.2 Å². The molecule has 1 heterocycles. The molecule has 0 saturated heterocycles. The van der Waals surface area contributed by atoms with E-state index in [2.05, 4.69) is 10.3 Å². The van der Waals surface area contributed by atoms with E-state index in [1.807, 2.05) is 6.92 Å². The second kappa shape index (κ2) is 7.01. The van der Waals surface area contributed by atoms with E-state index in [0.717, 1.165) is 6.42 Å². The fourth-order valence-corrected chi connectivity index (χ4v) is 1.89. The number of carboxylic acids is 1. The number of carboxylic acid groups (broad SMARTS) is 1. The van der Waals surface area contributed by atoms with E-state index in [9.17, 15) is 9.59 Å². The first-order valence-electron chi connectivity index (χ1n) is 5.47. The summed E-state index contributed by atoms with van der Waals surface area (Å²) in [4.78, 5) is 25.8. The van der Waals surface area contributed by atoms with Crippen LogP contribution in [0.2, 0.25) is 0 Å². The van der Waals surface area contributed by atoms with Gasteiger partial charge in [0.1, 0.15) is 5.69 Å². The number of aromatic nitrogens is 1. The van der Waals surface area contributed by atoms with E-state index >= 15 is 0 Å². The van der Waals surface area contributed by atoms with Crippen LogP contribution in [0.4, 0.5) is 0 Å². The van der Waals surface area contributed by atoms with Crippen LogP contribution in [0.15, 0.2) is 10.9 Å². The first kappa shape index (κ1) is 13.6. The summed E-state index contributed by atoms with van der Waals surface area (Å²) in [6.45, 7) is 2.54. The summed E-state index contributed by atoms with van der Waals surface area (Å²) >= 11 is 1.38. The first-order valence-corrected chi connectivity index (χ1v) is 6.42. The van der Waals surface area contributed by atoms with Crippen molar-refractivity contribution in [3.8, 4) is 0 Å². The van der Waals surface area contributed by atoms with Crippen LogP contribution in [-0.2, 0) is 4.79 Å². The zero-order valence-electron chi connectivity index (χ0n) is 9.68. The van der Waals surface area contributed by atoms with Gasteiger partial charge in [0, 0.05) is 18.3 Å². The van der Waals surface area contributed by atoms with Crippen molar-refractivity contribution in [1.82, 2.24) is 10.3 Å². The number of hydrogen-bond donors (Lipinski definition) is 2. The lowest BCUT2D eigenvalue weighted by Crippen LogP contribution is -2.25. The molecule has 0 radical (unpaired) electrons. The van der Waals surface area contributed by atoms with Gasteiger partial charge in [-0.1, -0.05) is 6.92 Å². The second-order valence-electron chi connectivity index (χ2n) is 3.96. The average molecular weight is 256 g/mol. The third-order valence-electron chi connectivity index (χ3n) is 2.44. The zero-order valence-corrected chi connectivity index (χ0v) is 10.5. The Morgan fingerprint density at radius 1 is 1.53 bits per heavy atom. The minimum atomic E-state index is -0.775. The largest absolute Gasteiger partial charge is 0.481 e. The fourth-order valence-electron chi connectivity index (χ4n) is 1.36. The van der Waals surface area contributed by atoms with Gasteiger partial charge in [0.05, 0.1) is 5.51 Å². The highest BCUT2D eigenvalue weighted by Gasteiger charge is 2.09. The minimum absolute atomic E-state index is 0.170. The van der Waals surface area contributed by atoms with Crippen LogP contribution < -0.4 is 5.32 Å². The van der Waals surface area contributed by atoms with Gasteiger partial charge in [-0.2, -0.15) is 0 Å². The number of carbonyl (C=O) groups is 2. The standard InChI is InChI=1S/C11H16N2O3S/c1-8(2-3-10(14)15)4-5-12-11(16)9-6-17-7-13-9/h6-8H,2-5H2,1H3,(H,12,16)(H,14,15). The van der Waals surface area contributed by atoms with Crippen molar-refractivity contribution < 1.29 is 14.7 Å². The average Bonchev–Trinajstić information content (AvgIpc) is 2.79. The molecular weight excluding hydrogens is 240 g/mol. The van der Waals surface area contributed by atoms with Crippen LogP contribution in [0.3, 0.4) is 0 Å². The lowest BCUT2D eigenvalue weighted by Gasteiger charge is -2.09. The molecule has 0 saturated carbocycles. The molecule has 1 unspecified atom stereocenters. The van der Waals surface area contributed by atoms with Gasteiger partial charge in [-0.3, -0.25) is 9.59 Å². The molecular formula is C11H16N2O3S. The highest BCUT2D eigenvalue weighted by molar-refractivity contribution is 7.07. The van der Waals surface area contributed by atoms with Crippen molar-refractivity contribution in [3.05, 3.63) is 16.6 Å². The molecule has 0 aliphatic heterocycles. The number of rotatable bonds is 7. The molecule has 0 spiro atoms. The molecule has 1 rings (SSSR count). The van der Waals surface area contributed by atoms with Crippen molar-refractivity contribution in [3.63, 3.8) is 0 Å². The fraction of sp³-hybridized carbons (Fsp3) is 0.545. The van der Waals surface area contributed by atoms with E-state index in [-0.39, 0.29) is 12.3 Å². The molecule has 17 heavy (non-hydrogen) atoms. The van der Waals surface area contributed by atoms with Crippen molar-refractivity contribution >= 4 is 23.2 Å². The minimum Gasteiger partial charge on any atom is -0.481 e. The number of carbonyl (C=O) groups excluding carboxylic acids is 1. The van der Waals surface area contributed by atoms with Crippen LogP contribution in [0, 0.1) is 5.92 Å². The molecule has 0 aliphatic rings. The maximum absolute atomic E-state index is 11.5. The van der Waals surface area contributed by atoms with Crippen LogP contribution in [0.5, 0.6) is 0 Å². The molecule has 0 aliphatic carbocycles. The molecule has 1 aromatic rings. The smallest absolute Gasteiger partial charge is 0.303 e. The van der Waals surface area contributed by atoms with E-state index in [4.69, 9.17) is 5.11 Å². The number of thiazole rings is 1. The van der Waals surface area contributed by atoms with E-state index in [1.165, 1.54) is 11.3 Å². The summed E-state index contributed by atoms with van der Waals surface area (Å²) in [7, 11) is 0. The number of aliphatic carboxylic acids is 1. The summed E-state index contributed by atoms with van der Waals surface area (Å²) in [6, 6.07) is 0. The Balaban J connectivity index is 2.15. The topological polar surface area (TPSA) is 79.3 Å². The van der Waals surface area contributed by atoms with Gasteiger partial charge >= 0.3 is 5.97 Å². The van der Waals surface area contributed by atoms with Crippen molar-refractivity contribution in [2.75, 3.05) is 6.54 Å². The molecule has 0 fully saturated rings. The number of nitrogens with zero attached hydrogens (tertiary/aromatic N) is 1. The Labute approximate surface area is 104 Å². The van der Waals surface area contributed by atoms with Crippen LogP contribution in [0.1, 0.15) is 36.7 Å². The third-order valence-corrected chi connectivity index (χ3v) is 3.03. The molecule has 1 aromatic heterocycles. The number of nitrogens with one attached hydrogen (secondary N) is 1. The molecule has 5 nitrogen and oxygen atoms in total. The monoisotopic (exact) mass is 256 g/mol. The quantitative estimate of drug-likeness (QED) is 0.779. The van der Waals surface area contributed by atoms with Gasteiger partial charge in [-0.25, -0.2) is 4.98 Å². The maximum atomic E-state index is 11.5. The van der Waals surface area contributed by atoms with Gasteiger partial charge in [0.25, 0.3) is 5.91 Å². The van der Waals surface area contributed by atoms with E-state index in [0.29, 0.717) is 24.6 Å². The maximum Gasteiger partial charge on any atom is 0.303 e. The molecule has 1 amide bonds. The van der Waals surface area contributed by atoms with Gasteiger partial charge in [0.2, 0.25) is 0 Å². The van der Waals surface area contributed by atoms with E-state index < -0.39 is 5.97 Å². The lowest BCUT2D eigenvalue weighted by atomic mass is 10.0. The SMILES string of the molecule is CC(CCNC(=O)c1cscn1)CCC(=O)O. The van der Waals surface area contributed by atoms with Crippen LogP contribution in [-0.4, -0.2) is 28.5 Å². The van der Waals surface area contributed by atoms with Gasteiger partial charge < -0.3 is 10.4 Å². The molecule has 6 heteroatoms. The van der Waals surface area contributed by atoms with Crippen LogP contribution in [0.25, 0.3) is 0 Å². The highest BCUT2D eigenvalue weighted by atomic mass is 32.1. The summed E-state index contributed by atoms with van der Waals surface area (Å²) in [5.74, 6) is -0.651.